The smallest absolute Gasteiger partial charge is 0.0453 e. The van der Waals surface area contributed by atoms with E-state index in [9.17, 15) is 0 Å². The molecular weight excluding hydrogens is 244 g/mol. The number of fused-ring (bicyclic) bond motifs is 1. The number of nitrogens with zero attached hydrogens (tertiary/aromatic N) is 1. The molecule has 0 amide bonds. The lowest BCUT2D eigenvalue weighted by molar-refractivity contribution is 0.182. The minimum Gasteiger partial charge on any atom is -0.316 e. The highest BCUT2D eigenvalue weighted by Crippen LogP contribution is 2.39. The summed E-state index contributed by atoms with van der Waals surface area (Å²) in [7, 11) is 0. The van der Waals surface area contributed by atoms with Crippen molar-refractivity contribution in [3.63, 3.8) is 0 Å². The Morgan fingerprint density at radius 1 is 1.33 bits per heavy atom. The minimum absolute atomic E-state index is 0.416. The lowest BCUT2D eigenvalue weighted by Crippen LogP contribution is -2.35. The Morgan fingerprint density at radius 3 is 2.83 bits per heavy atom. The van der Waals surface area contributed by atoms with Gasteiger partial charge in [0, 0.05) is 23.7 Å². The lowest BCUT2D eigenvalue weighted by Gasteiger charge is -2.31. The van der Waals surface area contributed by atoms with Crippen molar-refractivity contribution in [1.82, 2.24) is 10.2 Å². The van der Waals surface area contributed by atoms with Crippen molar-refractivity contribution in [2.45, 2.75) is 25.9 Å². The molecule has 18 heavy (non-hydrogen) atoms. The van der Waals surface area contributed by atoms with Gasteiger partial charge in [-0.1, -0.05) is 29.8 Å². The van der Waals surface area contributed by atoms with Crippen molar-refractivity contribution >= 4 is 11.6 Å². The lowest BCUT2D eigenvalue weighted by atomic mass is 9.95. The van der Waals surface area contributed by atoms with Gasteiger partial charge in [-0.3, -0.25) is 4.90 Å². The predicted octanol–water partition coefficient (Wildman–Crippen LogP) is 2.94. The highest BCUT2D eigenvalue weighted by molar-refractivity contribution is 6.31. The summed E-state index contributed by atoms with van der Waals surface area (Å²) in [6.45, 7) is 8.21. The van der Waals surface area contributed by atoms with Gasteiger partial charge in [-0.2, -0.15) is 0 Å². The summed E-state index contributed by atoms with van der Waals surface area (Å²) >= 11 is 6.33. The van der Waals surface area contributed by atoms with Crippen molar-refractivity contribution in [2.75, 3.05) is 19.6 Å². The third-order valence-corrected chi connectivity index (χ3v) is 5.18. The van der Waals surface area contributed by atoms with Crippen LogP contribution in [0, 0.1) is 11.8 Å². The zero-order valence-electron chi connectivity index (χ0n) is 11.1. The van der Waals surface area contributed by atoms with Crippen LogP contribution in [0.4, 0.5) is 0 Å². The predicted molar refractivity (Wildman–Crippen MR) is 75.9 cm³/mol. The molecule has 4 atom stereocenters. The van der Waals surface area contributed by atoms with E-state index in [0.717, 1.165) is 16.9 Å². The molecule has 0 bridgehead atoms. The van der Waals surface area contributed by atoms with E-state index >= 15 is 0 Å². The van der Waals surface area contributed by atoms with Crippen molar-refractivity contribution in [1.29, 1.82) is 0 Å². The van der Waals surface area contributed by atoms with Gasteiger partial charge in [0.15, 0.2) is 0 Å². The molecule has 0 radical (unpaired) electrons. The van der Waals surface area contributed by atoms with Gasteiger partial charge >= 0.3 is 0 Å². The highest BCUT2D eigenvalue weighted by atomic mass is 35.5. The van der Waals surface area contributed by atoms with Gasteiger partial charge in [0.1, 0.15) is 0 Å². The number of halogens is 1. The van der Waals surface area contributed by atoms with E-state index in [-0.39, 0.29) is 0 Å². The molecular formula is C15H21ClN2. The SMILES string of the molecule is CC(c1ccccc1Cl)N1CC2CNCC2C1C. The Balaban J connectivity index is 1.82. The summed E-state index contributed by atoms with van der Waals surface area (Å²) < 4.78 is 0. The first-order chi connectivity index (χ1) is 8.68. The van der Waals surface area contributed by atoms with Crippen LogP contribution in [0.2, 0.25) is 5.02 Å². The molecule has 1 N–H and O–H groups in total. The molecule has 2 fully saturated rings. The van der Waals surface area contributed by atoms with Crippen LogP contribution in [0.5, 0.6) is 0 Å². The van der Waals surface area contributed by atoms with Crippen LogP contribution in [0.3, 0.4) is 0 Å². The standard InChI is InChI=1S/C15H21ClN2/c1-10(13-5-3-4-6-15(13)16)18-9-12-7-17-8-14(12)11(18)2/h3-6,10-12,14,17H,7-9H2,1-2H3. The van der Waals surface area contributed by atoms with E-state index in [1.54, 1.807) is 0 Å². The van der Waals surface area contributed by atoms with Gasteiger partial charge in [0.2, 0.25) is 0 Å². The zero-order chi connectivity index (χ0) is 12.7. The second-order valence-electron chi connectivity index (χ2n) is 5.72. The van der Waals surface area contributed by atoms with Crippen LogP contribution in [0.15, 0.2) is 24.3 Å². The van der Waals surface area contributed by atoms with Crippen LogP contribution in [0.25, 0.3) is 0 Å². The summed E-state index contributed by atoms with van der Waals surface area (Å²) in [5.74, 6) is 1.64. The molecule has 0 saturated carbocycles. The molecule has 2 nitrogen and oxygen atoms in total. The van der Waals surface area contributed by atoms with Gasteiger partial charge in [-0.05, 0) is 50.4 Å². The fourth-order valence-corrected chi connectivity index (χ4v) is 4.00. The Bertz CT molecular complexity index is 434. The van der Waals surface area contributed by atoms with Gasteiger partial charge in [-0.25, -0.2) is 0 Å². The highest BCUT2D eigenvalue weighted by Gasteiger charge is 2.43. The van der Waals surface area contributed by atoms with Crippen LogP contribution in [-0.2, 0) is 0 Å². The molecule has 3 rings (SSSR count). The van der Waals surface area contributed by atoms with E-state index in [4.69, 9.17) is 11.6 Å². The van der Waals surface area contributed by atoms with E-state index in [1.807, 2.05) is 12.1 Å². The maximum absolute atomic E-state index is 6.33. The van der Waals surface area contributed by atoms with Crippen LogP contribution in [-0.4, -0.2) is 30.6 Å². The first-order valence-corrected chi connectivity index (χ1v) is 7.27. The second-order valence-corrected chi connectivity index (χ2v) is 6.12. The van der Waals surface area contributed by atoms with E-state index < -0.39 is 0 Å². The second kappa shape index (κ2) is 4.84. The number of hydrogen-bond acceptors (Lipinski definition) is 2. The molecule has 98 valence electrons. The fraction of sp³-hybridized carbons (Fsp3) is 0.600. The average Bonchev–Trinajstić information content (AvgIpc) is 2.93. The summed E-state index contributed by atoms with van der Waals surface area (Å²) in [6.07, 6.45) is 0. The molecule has 0 spiro atoms. The quantitative estimate of drug-likeness (QED) is 0.884. The average molecular weight is 265 g/mol. The Kier molecular flexibility index (Phi) is 3.35. The molecule has 1 aromatic carbocycles. The number of rotatable bonds is 2. The molecule has 2 heterocycles. The molecule has 0 aromatic heterocycles. The number of nitrogens with one attached hydrogen (secondary N) is 1. The van der Waals surface area contributed by atoms with E-state index in [2.05, 4.69) is 36.2 Å². The normalized spacial score (nSPS) is 33.6. The van der Waals surface area contributed by atoms with Crippen molar-refractivity contribution in [2.24, 2.45) is 11.8 Å². The fourth-order valence-electron chi connectivity index (χ4n) is 3.70. The van der Waals surface area contributed by atoms with E-state index in [0.29, 0.717) is 12.1 Å². The summed E-state index contributed by atoms with van der Waals surface area (Å²) in [5.41, 5.74) is 1.26. The first-order valence-electron chi connectivity index (χ1n) is 6.89. The maximum atomic E-state index is 6.33. The molecule has 2 aliphatic rings. The van der Waals surface area contributed by atoms with Crippen molar-refractivity contribution in [3.05, 3.63) is 34.9 Å². The number of hydrogen-bond donors (Lipinski definition) is 1. The summed E-state index contributed by atoms with van der Waals surface area (Å²) in [4.78, 5) is 2.62. The summed E-state index contributed by atoms with van der Waals surface area (Å²) in [5, 5.41) is 4.41. The molecule has 2 saturated heterocycles. The van der Waals surface area contributed by atoms with Crippen LogP contribution in [0.1, 0.15) is 25.5 Å². The van der Waals surface area contributed by atoms with Gasteiger partial charge in [0.05, 0.1) is 0 Å². The first kappa shape index (κ1) is 12.5. The molecule has 2 aliphatic heterocycles. The third-order valence-electron chi connectivity index (χ3n) is 4.83. The zero-order valence-corrected chi connectivity index (χ0v) is 11.8. The Labute approximate surface area is 114 Å². The number of likely N-dealkylation sites (tertiary alicyclic amines) is 1. The maximum Gasteiger partial charge on any atom is 0.0453 e. The van der Waals surface area contributed by atoms with Gasteiger partial charge < -0.3 is 5.32 Å². The number of benzene rings is 1. The van der Waals surface area contributed by atoms with E-state index in [1.165, 1.54) is 25.2 Å². The largest absolute Gasteiger partial charge is 0.316 e. The third kappa shape index (κ3) is 1.97. The van der Waals surface area contributed by atoms with Crippen LogP contribution < -0.4 is 5.32 Å². The van der Waals surface area contributed by atoms with Crippen molar-refractivity contribution in [3.8, 4) is 0 Å². The molecule has 3 heteroatoms. The van der Waals surface area contributed by atoms with Gasteiger partial charge in [-0.15, -0.1) is 0 Å². The molecule has 0 aliphatic carbocycles. The Morgan fingerprint density at radius 2 is 2.11 bits per heavy atom. The minimum atomic E-state index is 0.416. The monoisotopic (exact) mass is 264 g/mol. The molecule has 1 aromatic rings. The topological polar surface area (TPSA) is 15.3 Å². The Hall–Kier alpha value is -0.570. The van der Waals surface area contributed by atoms with Gasteiger partial charge in [0.25, 0.3) is 0 Å². The van der Waals surface area contributed by atoms with Crippen LogP contribution >= 0.6 is 11.6 Å². The van der Waals surface area contributed by atoms with Crippen molar-refractivity contribution < 1.29 is 0 Å². The summed E-state index contributed by atoms with van der Waals surface area (Å²) in [6, 6.07) is 9.31. The molecule has 4 unspecified atom stereocenters.